The molecule has 0 radical (unpaired) electrons. The lowest BCUT2D eigenvalue weighted by Crippen LogP contribution is -2.32. The van der Waals surface area contributed by atoms with Crippen molar-refractivity contribution >= 4 is 42.5 Å². The van der Waals surface area contributed by atoms with Crippen LogP contribution in [0.1, 0.15) is 47.1 Å². The lowest BCUT2D eigenvalue weighted by Gasteiger charge is -2.30. The lowest BCUT2D eigenvalue weighted by atomic mass is 9.86. The maximum Gasteiger partial charge on any atom is 0.0270 e. The van der Waals surface area contributed by atoms with Crippen molar-refractivity contribution in [3.8, 4) is 0 Å². The molecule has 32 heavy (non-hydrogen) atoms. The summed E-state index contributed by atoms with van der Waals surface area (Å²) >= 11 is 0. The SMILES string of the molecule is C1=Cc2ccccc2C(=C2CCN(CCCc3ccncc3)CC2)c2ccccc21.Cl.Cl. The first-order valence-electron chi connectivity index (χ1n) is 11.1. The predicted octanol–water partition coefficient (Wildman–Crippen LogP) is 6.94. The number of fused-ring (bicyclic) bond motifs is 2. The zero-order valence-corrected chi connectivity index (χ0v) is 19.9. The van der Waals surface area contributed by atoms with Crippen molar-refractivity contribution in [1.29, 1.82) is 0 Å². The van der Waals surface area contributed by atoms with Gasteiger partial charge in [0.15, 0.2) is 0 Å². The van der Waals surface area contributed by atoms with E-state index in [4.69, 9.17) is 0 Å². The van der Waals surface area contributed by atoms with Crippen molar-refractivity contribution < 1.29 is 0 Å². The molecule has 0 bridgehead atoms. The average Bonchev–Trinajstić information content (AvgIpc) is 2.97. The summed E-state index contributed by atoms with van der Waals surface area (Å²) in [5, 5.41) is 0. The number of pyridine rings is 1. The monoisotopic (exact) mass is 464 g/mol. The smallest absolute Gasteiger partial charge is 0.0270 e. The van der Waals surface area contributed by atoms with Gasteiger partial charge in [0.25, 0.3) is 0 Å². The van der Waals surface area contributed by atoms with Crippen LogP contribution in [-0.2, 0) is 6.42 Å². The number of hydrogen-bond acceptors (Lipinski definition) is 2. The van der Waals surface area contributed by atoms with Crippen molar-refractivity contribution in [3.05, 3.63) is 106 Å². The Kier molecular flexibility index (Phi) is 8.69. The van der Waals surface area contributed by atoms with E-state index in [2.05, 4.69) is 82.7 Å². The van der Waals surface area contributed by atoms with Gasteiger partial charge in [0.2, 0.25) is 0 Å². The molecule has 2 nitrogen and oxygen atoms in total. The Bertz CT molecular complexity index is 1030. The number of rotatable bonds is 4. The van der Waals surface area contributed by atoms with Gasteiger partial charge in [-0.15, -0.1) is 24.8 Å². The van der Waals surface area contributed by atoms with E-state index in [0.717, 1.165) is 32.4 Å². The Balaban J connectivity index is 0.00000144. The summed E-state index contributed by atoms with van der Waals surface area (Å²) in [4.78, 5) is 6.75. The maximum absolute atomic E-state index is 4.11. The number of benzene rings is 2. The average molecular weight is 465 g/mol. The van der Waals surface area contributed by atoms with Gasteiger partial charge < -0.3 is 4.90 Å². The summed E-state index contributed by atoms with van der Waals surface area (Å²) in [5.41, 5.74) is 9.92. The first-order valence-corrected chi connectivity index (χ1v) is 11.1. The van der Waals surface area contributed by atoms with Gasteiger partial charge in [0, 0.05) is 25.5 Å². The molecule has 1 aliphatic carbocycles. The standard InChI is InChI=1S/C28H28N2.2ClH/c1-3-9-26-23(7-1)11-12-24-8-2-4-10-27(24)28(26)25-15-20-30(21-16-25)19-5-6-22-13-17-29-18-14-22;;/h1-4,7-14,17-18H,5-6,15-16,19-21H2;2*1H. The van der Waals surface area contributed by atoms with Gasteiger partial charge in [0.05, 0.1) is 0 Å². The molecule has 1 saturated heterocycles. The quantitative estimate of drug-likeness (QED) is 0.325. The van der Waals surface area contributed by atoms with Crippen LogP contribution in [0, 0.1) is 0 Å². The fourth-order valence-electron chi connectivity index (χ4n) is 4.80. The van der Waals surface area contributed by atoms with Crippen LogP contribution in [0.5, 0.6) is 0 Å². The molecule has 2 heterocycles. The number of aromatic nitrogens is 1. The molecule has 0 spiro atoms. The van der Waals surface area contributed by atoms with Crippen molar-refractivity contribution in [3.63, 3.8) is 0 Å². The number of aryl methyl sites for hydroxylation is 1. The maximum atomic E-state index is 4.11. The fourth-order valence-corrected chi connectivity index (χ4v) is 4.80. The van der Waals surface area contributed by atoms with Crippen molar-refractivity contribution in [2.75, 3.05) is 19.6 Å². The normalized spacial score (nSPS) is 15.1. The zero-order chi connectivity index (χ0) is 20.2. The van der Waals surface area contributed by atoms with Crippen LogP contribution < -0.4 is 0 Å². The van der Waals surface area contributed by atoms with Crippen LogP contribution in [0.2, 0.25) is 0 Å². The van der Waals surface area contributed by atoms with E-state index >= 15 is 0 Å². The molecular formula is C28H30Cl2N2. The van der Waals surface area contributed by atoms with Gasteiger partial charge in [-0.05, 0) is 77.8 Å². The molecule has 166 valence electrons. The molecule has 0 saturated carbocycles. The molecule has 1 aromatic heterocycles. The first-order chi connectivity index (χ1) is 14.9. The molecule has 3 aromatic rings. The summed E-state index contributed by atoms with van der Waals surface area (Å²) in [7, 11) is 0. The molecule has 2 aliphatic rings. The molecule has 5 rings (SSSR count). The third kappa shape index (κ3) is 5.32. The highest BCUT2D eigenvalue weighted by molar-refractivity contribution is 5.94. The van der Waals surface area contributed by atoms with E-state index in [-0.39, 0.29) is 24.8 Å². The molecule has 0 amide bonds. The minimum atomic E-state index is 0. The van der Waals surface area contributed by atoms with E-state index in [1.165, 1.54) is 46.4 Å². The van der Waals surface area contributed by atoms with Crippen molar-refractivity contribution in [2.24, 2.45) is 0 Å². The Labute approximate surface area is 203 Å². The Hall–Kier alpha value is -2.39. The number of piperidine rings is 1. The Morgan fingerprint density at radius 2 is 1.28 bits per heavy atom. The Morgan fingerprint density at radius 1 is 0.719 bits per heavy atom. The van der Waals surface area contributed by atoms with Gasteiger partial charge in [0.1, 0.15) is 0 Å². The minimum absolute atomic E-state index is 0. The predicted molar refractivity (Wildman–Crippen MR) is 141 cm³/mol. The highest BCUT2D eigenvalue weighted by Gasteiger charge is 2.22. The van der Waals surface area contributed by atoms with E-state index in [1.54, 1.807) is 5.57 Å². The number of hydrogen-bond donors (Lipinski definition) is 0. The van der Waals surface area contributed by atoms with Gasteiger partial charge in [-0.1, -0.05) is 66.3 Å². The van der Waals surface area contributed by atoms with E-state index in [9.17, 15) is 0 Å². The third-order valence-corrected chi connectivity index (χ3v) is 6.41. The summed E-state index contributed by atoms with van der Waals surface area (Å²) in [5.74, 6) is 0. The van der Waals surface area contributed by atoms with E-state index in [1.807, 2.05) is 12.4 Å². The highest BCUT2D eigenvalue weighted by Crippen LogP contribution is 2.38. The molecule has 1 aliphatic heterocycles. The van der Waals surface area contributed by atoms with Crippen LogP contribution in [0.15, 0.2) is 78.6 Å². The number of halogens is 2. The molecular weight excluding hydrogens is 435 g/mol. The third-order valence-electron chi connectivity index (χ3n) is 6.41. The molecule has 0 atom stereocenters. The number of nitrogens with zero attached hydrogens (tertiary/aromatic N) is 2. The van der Waals surface area contributed by atoms with Crippen LogP contribution in [0.3, 0.4) is 0 Å². The van der Waals surface area contributed by atoms with Crippen LogP contribution in [0.25, 0.3) is 17.7 Å². The van der Waals surface area contributed by atoms with E-state index < -0.39 is 0 Å². The van der Waals surface area contributed by atoms with Crippen LogP contribution in [0.4, 0.5) is 0 Å². The zero-order valence-electron chi connectivity index (χ0n) is 18.2. The number of likely N-dealkylation sites (tertiary alicyclic amines) is 1. The largest absolute Gasteiger partial charge is 0.303 e. The summed E-state index contributed by atoms with van der Waals surface area (Å²) in [6, 6.07) is 22.0. The molecule has 1 fully saturated rings. The lowest BCUT2D eigenvalue weighted by molar-refractivity contribution is 0.254. The van der Waals surface area contributed by atoms with Crippen LogP contribution in [-0.4, -0.2) is 29.5 Å². The summed E-state index contributed by atoms with van der Waals surface area (Å²) < 4.78 is 0. The fraction of sp³-hybridized carbons (Fsp3) is 0.250. The minimum Gasteiger partial charge on any atom is -0.303 e. The van der Waals surface area contributed by atoms with Gasteiger partial charge in [-0.2, -0.15) is 0 Å². The topological polar surface area (TPSA) is 16.1 Å². The second-order valence-electron chi connectivity index (χ2n) is 8.29. The Morgan fingerprint density at radius 3 is 1.88 bits per heavy atom. The van der Waals surface area contributed by atoms with E-state index in [0.29, 0.717) is 0 Å². The second-order valence-corrected chi connectivity index (χ2v) is 8.29. The second kappa shape index (κ2) is 11.5. The van der Waals surface area contributed by atoms with Crippen molar-refractivity contribution in [1.82, 2.24) is 9.88 Å². The van der Waals surface area contributed by atoms with Crippen LogP contribution >= 0.6 is 24.8 Å². The molecule has 0 unspecified atom stereocenters. The highest BCUT2D eigenvalue weighted by atomic mass is 35.5. The summed E-state index contributed by atoms with van der Waals surface area (Å²) in [6.45, 7) is 3.50. The summed E-state index contributed by atoms with van der Waals surface area (Å²) in [6.07, 6.45) is 13.0. The van der Waals surface area contributed by atoms with Gasteiger partial charge >= 0.3 is 0 Å². The van der Waals surface area contributed by atoms with Gasteiger partial charge in [-0.25, -0.2) is 0 Å². The first kappa shape index (κ1) is 24.3. The molecule has 0 N–H and O–H groups in total. The molecule has 4 heteroatoms. The van der Waals surface area contributed by atoms with Gasteiger partial charge in [-0.3, -0.25) is 4.98 Å². The van der Waals surface area contributed by atoms with Crippen molar-refractivity contribution in [2.45, 2.75) is 25.7 Å². The molecule has 2 aromatic carbocycles.